The standard InChI is InChI=1S/C18H21N3S/c1-14(18-7-4-10-22-18)20-12-16-5-3-6-17(11-16)13-21-9-8-19-15(21)2/h3-11,14,20H,12-13H2,1-2H3. The lowest BCUT2D eigenvalue weighted by Gasteiger charge is -2.13. The van der Waals surface area contributed by atoms with Crippen LogP contribution in [0.2, 0.25) is 0 Å². The summed E-state index contributed by atoms with van der Waals surface area (Å²) in [6.07, 6.45) is 3.88. The number of hydrogen-bond acceptors (Lipinski definition) is 3. The van der Waals surface area contributed by atoms with Crippen molar-refractivity contribution in [3.8, 4) is 0 Å². The molecule has 0 fully saturated rings. The SMILES string of the molecule is Cc1nccn1Cc1cccc(CNC(C)c2cccs2)c1. The number of hydrogen-bond donors (Lipinski definition) is 1. The van der Waals surface area contributed by atoms with E-state index >= 15 is 0 Å². The molecule has 0 radical (unpaired) electrons. The number of thiophene rings is 1. The highest BCUT2D eigenvalue weighted by Gasteiger charge is 2.06. The van der Waals surface area contributed by atoms with Gasteiger partial charge in [0.25, 0.3) is 0 Å². The van der Waals surface area contributed by atoms with Gasteiger partial charge in [0.2, 0.25) is 0 Å². The lowest BCUT2D eigenvalue weighted by Crippen LogP contribution is -2.17. The first-order chi connectivity index (χ1) is 10.7. The molecular formula is C18H21N3S. The van der Waals surface area contributed by atoms with Gasteiger partial charge >= 0.3 is 0 Å². The van der Waals surface area contributed by atoms with Crippen LogP contribution >= 0.6 is 11.3 Å². The smallest absolute Gasteiger partial charge is 0.105 e. The molecule has 1 aromatic carbocycles. The molecule has 2 heterocycles. The lowest BCUT2D eigenvalue weighted by atomic mass is 10.1. The fourth-order valence-electron chi connectivity index (χ4n) is 2.51. The molecule has 0 spiro atoms. The van der Waals surface area contributed by atoms with Crippen LogP contribution in [-0.4, -0.2) is 9.55 Å². The van der Waals surface area contributed by atoms with Crippen molar-refractivity contribution in [2.24, 2.45) is 0 Å². The number of aromatic nitrogens is 2. The second-order valence-electron chi connectivity index (χ2n) is 5.54. The third-order valence-electron chi connectivity index (χ3n) is 3.85. The maximum Gasteiger partial charge on any atom is 0.105 e. The molecule has 1 N–H and O–H groups in total. The third kappa shape index (κ3) is 3.64. The van der Waals surface area contributed by atoms with Crippen LogP contribution in [0, 0.1) is 6.92 Å². The molecule has 3 aromatic rings. The van der Waals surface area contributed by atoms with Crippen LogP contribution in [0.25, 0.3) is 0 Å². The van der Waals surface area contributed by atoms with E-state index in [0.29, 0.717) is 6.04 Å². The molecule has 114 valence electrons. The minimum atomic E-state index is 0.388. The molecule has 2 aromatic heterocycles. The topological polar surface area (TPSA) is 29.9 Å². The van der Waals surface area contributed by atoms with Gasteiger partial charge in [0.15, 0.2) is 0 Å². The molecule has 0 aliphatic heterocycles. The Balaban J connectivity index is 1.63. The fourth-order valence-corrected chi connectivity index (χ4v) is 3.27. The van der Waals surface area contributed by atoms with Gasteiger partial charge in [0.1, 0.15) is 5.82 Å². The Morgan fingerprint density at radius 2 is 2.09 bits per heavy atom. The van der Waals surface area contributed by atoms with Crippen molar-refractivity contribution in [1.29, 1.82) is 0 Å². The second-order valence-corrected chi connectivity index (χ2v) is 6.52. The summed E-state index contributed by atoms with van der Waals surface area (Å²) in [6, 6.07) is 13.4. The molecule has 4 heteroatoms. The largest absolute Gasteiger partial charge is 0.331 e. The van der Waals surface area contributed by atoms with E-state index in [-0.39, 0.29) is 0 Å². The van der Waals surface area contributed by atoms with E-state index in [1.54, 1.807) is 11.3 Å². The van der Waals surface area contributed by atoms with E-state index in [0.717, 1.165) is 18.9 Å². The highest BCUT2D eigenvalue weighted by atomic mass is 32.1. The molecule has 1 atom stereocenters. The summed E-state index contributed by atoms with van der Waals surface area (Å²) >= 11 is 1.80. The monoisotopic (exact) mass is 311 g/mol. The van der Waals surface area contributed by atoms with Crippen molar-refractivity contribution in [2.75, 3.05) is 0 Å². The molecule has 22 heavy (non-hydrogen) atoms. The van der Waals surface area contributed by atoms with Crippen molar-refractivity contribution in [3.63, 3.8) is 0 Å². The quantitative estimate of drug-likeness (QED) is 0.741. The van der Waals surface area contributed by atoms with Gasteiger partial charge in [-0.1, -0.05) is 30.3 Å². The third-order valence-corrected chi connectivity index (χ3v) is 4.91. The van der Waals surface area contributed by atoms with E-state index in [4.69, 9.17) is 0 Å². The van der Waals surface area contributed by atoms with E-state index in [2.05, 4.69) is 63.6 Å². The first-order valence-electron chi connectivity index (χ1n) is 7.55. The van der Waals surface area contributed by atoms with Crippen molar-refractivity contribution in [1.82, 2.24) is 14.9 Å². The van der Waals surface area contributed by atoms with Crippen LogP contribution in [-0.2, 0) is 13.1 Å². The Kier molecular flexibility index (Phi) is 4.71. The molecule has 3 nitrogen and oxygen atoms in total. The van der Waals surface area contributed by atoms with Gasteiger partial charge in [-0.05, 0) is 36.4 Å². The maximum atomic E-state index is 4.27. The van der Waals surface area contributed by atoms with E-state index in [1.807, 2.05) is 19.3 Å². The number of aryl methyl sites for hydroxylation is 1. The zero-order chi connectivity index (χ0) is 15.4. The first-order valence-corrected chi connectivity index (χ1v) is 8.42. The minimum Gasteiger partial charge on any atom is -0.331 e. The summed E-state index contributed by atoms with van der Waals surface area (Å²) in [6.45, 7) is 6.01. The average molecular weight is 311 g/mol. The van der Waals surface area contributed by atoms with Crippen LogP contribution in [0.1, 0.15) is 34.8 Å². The summed E-state index contributed by atoms with van der Waals surface area (Å²) in [4.78, 5) is 5.65. The fraction of sp³-hybridized carbons (Fsp3) is 0.278. The van der Waals surface area contributed by atoms with Crippen molar-refractivity contribution in [3.05, 3.63) is 76.0 Å². The highest BCUT2D eigenvalue weighted by Crippen LogP contribution is 2.18. The normalized spacial score (nSPS) is 12.5. The van der Waals surface area contributed by atoms with Crippen LogP contribution in [0.4, 0.5) is 0 Å². The Hall–Kier alpha value is -1.91. The lowest BCUT2D eigenvalue weighted by molar-refractivity contribution is 0.582. The number of imidazole rings is 1. The van der Waals surface area contributed by atoms with Gasteiger partial charge in [-0.2, -0.15) is 0 Å². The molecule has 0 bridgehead atoms. The van der Waals surface area contributed by atoms with E-state index < -0.39 is 0 Å². The van der Waals surface area contributed by atoms with Gasteiger partial charge in [0, 0.05) is 36.4 Å². The molecule has 0 amide bonds. The van der Waals surface area contributed by atoms with Crippen molar-refractivity contribution >= 4 is 11.3 Å². The summed E-state index contributed by atoms with van der Waals surface area (Å²) in [5, 5.41) is 5.72. The number of rotatable bonds is 6. The van der Waals surface area contributed by atoms with Gasteiger partial charge in [-0.3, -0.25) is 0 Å². The summed E-state index contributed by atoms with van der Waals surface area (Å²) in [5.74, 6) is 1.05. The first kappa shape index (κ1) is 15.0. The summed E-state index contributed by atoms with van der Waals surface area (Å²) in [7, 11) is 0. The van der Waals surface area contributed by atoms with Gasteiger partial charge in [-0.25, -0.2) is 4.98 Å². The second kappa shape index (κ2) is 6.90. The Morgan fingerprint density at radius 3 is 2.82 bits per heavy atom. The predicted octanol–water partition coefficient (Wildman–Crippen LogP) is 4.15. The van der Waals surface area contributed by atoms with Crippen molar-refractivity contribution in [2.45, 2.75) is 33.0 Å². The summed E-state index contributed by atoms with van der Waals surface area (Å²) in [5.41, 5.74) is 2.63. The van der Waals surface area contributed by atoms with Gasteiger partial charge in [-0.15, -0.1) is 11.3 Å². The molecule has 0 saturated carbocycles. The van der Waals surface area contributed by atoms with Crippen LogP contribution in [0.3, 0.4) is 0 Å². The van der Waals surface area contributed by atoms with Gasteiger partial charge in [0.05, 0.1) is 0 Å². The van der Waals surface area contributed by atoms with E-state index in [1.165, 1.54) is 16.0 Å². The Bertz CT molecular complexity index is 716. The number of nitrogens with one attached hydrogen (secondary N) is 1. The van der Waals surface area contributed by atoms with Crippen molar-refractivity contribution < 1.29 is 0 Å². The molecular weight excluding hydrogens is 290 g/mol. The van der Waals surface area contributed by atoms with Crippen LogP contribution in [0.15, 0.2) is 54.2 Å². The molecule has 0 aliphatic rings. The van der Waals surface area contributed by atoms with E-state index in [9.17, 15) is 0 Å². The zero-order valence-corrected chi connectivity index (χ0v) is 13.8. The Labute approximate surface area is 135 Å². The molecule has 1 unspecified atom stereocenters. The zero-order valence-electron chi connectivity index (χ0n) is 13.0. The highest BCUT2D eigenvalue weighted by molar-refractivity contribution is 7.10. The van der Waals surface area contributed by atoms with Crippen LogP contribution < -0.4 is 5.32 Å². The Morgan fingerprint density at radius 1 is 1.23 bits per heavy atom. The minimum absolute atomic E-state index is 0.388. The van der Waals surface area contributed by atoms with Gasteiger partial charge < -0.3 is 9.88 Å². The molecule has 3 rings (SSSR count). The number of benzene rings is 1. The summed E-state index contributed by atoms with van der Waals surface area (Å²) < 4.78 is 2.17. The molecule has 0 aliphatic carbocycles. The average Bonchev–Trinajstić information content (AvgIpc) is 3.18. The predicted molar refractivity (Wildman–Crippen MR) is 92.1 cm³/mol. The van der Waals surface area contributed by atoms with Crippen LogP contribution in [0.5, 0.6) is 0 Å². The molecule has 0 saturated heterocycles. The number of nitrogens with zero attached hydrogens (tertiary/aromatic N) is 2. The maximum absolute atomic E-state index is 4.27.